The molecular weight excluding hydrogens is 766 g/mol. The maximum absolute atomic E-state index is 14.7. The van der Waals surface area contributed by atoms with E-state index in [1.54, 1.807) is 12.1 Å². The van der Waals surface area contributed by atoms with E-state index >= 15 is 0 Å². The van der Waals surface area contributed by atoms with Crippen molar-refractivity contribution < 1.29 is 53.3 Å². The van der Waals surface area contributed by atoms with E-state index in [1.165, 1.54) is 26.0 Å². The van der Waals surface area contributed by atoms with Gasteiger partial charge in [0.05, 0.1) is 44.0 Å². The van der Waals surface area contributed by atoms with Crippen LogP contribution in [0.1, 0.15) is 68.3 Å². The van der Waals surface area contributed by atoms with Crippen LogP contribution >= 0.6 is 23.4 Å². The van der Waals surface area contributed by atoms with Gasteiger partial charge < -0.3 is 43.7 Å². The number of aliphatic hydroxyl groups excluding tert-OH is 1. The second-order valence-electron chi connectivity index (χ2n) is 15.2. The SMILES string of the molecule is COc1cc2c(cc1O)CCN[C@]21CS[C@@H]2c3c(OC(=O)CCCl)c(C)c4c(c3[C@H](COC1=O)N1C2[C@H]2c3c(cc(C)c(OC)c3O)C[C@@H]([C@@H]1O)N2C)OCO4. The van der Waals surface area contributed by atoms with Crippen molar-refractivity contribution in [3.05, 3.63) is 62.7 Å². The average molecular weight is 810 g/mol. The molecule has 0 amide bonds. The van der Waals surface area contributed by atoms with Crippen molar-refractivity contribution in [3.8, 4) is 40.2 Å². The molecule has 0 radical (unpaired) electrons. The Morgan fingerprint density at radius 3 is 2.59 bits per heavy atom. The molecule has 1 unspecified atom stereocenters. The number of carbonyl (C=O) groups is 2. The zero-order valence-corrected chi connectivity index (χ0v) is 33.2. The van der Waals surface area contributed by atoms with Gasteiger partial charge in [-0.3, -0.25) is 19.9 Å². The number of aliphatic hydroxyl groups is 1. The molecule has 2 fully saturated rings. The topological polar surface area (TPSA) is 169 Å². The first kappa shape index (κ1) is 37.5. The van der Waals surface area contributed by atoms with Crippen LogP contribution in [-0.2, 0) is 32.7 Å². The number of methoxy groups -OCH3 is 2. The van der Waals surface area contributed by atoms with Crippen LogP contribution in [0.4, 0.5) is 0 Å². The van der Waals surface area contributed by atoms with Gasteiger partial charge in [0.2, 0.25) is 6.79 Å². The lowest BCUT2D eigenvalue weighted by Crippen LogP contribution is -2.70. The molecule has 1 spiro atoms. The Labute approximate surface area is 332 Å². The van der Waals surface area contributed by atoms with Crippen molar-refractivity contribution in [1.29, 1.82) is 0 Å². The Hall–Kier alpha value is -4.12. The maximum Gasteiger partial charge on any atom is 0.331 e. The number of ether oxygens (including phenoxy) is 6. The predicted octanol–water partition coefficient (Wildman–Crippen LogP) is 4.02. The number of halogens is 1. The fourth-order valence-corrected chi connectivity index (χ4v) is 11.9. The molecule has 0 saturated carbocycles. The standard InChI is InChI=1S/C40H44ClN3O11S/c1-17-10-20-11-22-38(48)44-23-14-52-39(49)40(21-13-25(50-4)24(45)12-19(21)7-9-42-40)15-56-37(31(44)30(43(22)3)27(20)32(47)33(17)51-5)29-28(23)36-35(53-16-54-36)18(2)34(29)55-26(46)6-8-41/h10,12-13,22-23,30-31,37-38,42,45,47-48H,6-9,11,14-16H2,1-5H3/t22-,23-,30+,31?,37+,38-,40+/m0/s1. The number of likely N-dealkylation sites (N-methyl/N-ethyl adjacent to an activating group) is 1. The van der Waals surface area contributed by atoms with Crippen LogP contribution in [0.25, 0.3) is 0 Å². The summed E-state index contributed by atoms with van der Waals surface area (Å²) in [4.78, 5) is 32.3. The number of thioether (sulfide) groups is 1. The summed E-state index contributed by atoms with van der Waals surface area (Å²) in [5, 5.41) is 38.3. The van der Waals surface area contributed by atoms with Crippen LogP contribution in [0.15, 0.2) is 18.2 Å². The fourth-order valence-electron chi connectivity index (χ4n) is 10.1. The summed E-state index contributed by atoms with van der Waals surface area (Å²) in [5.41, 5.74) is 4.21. The molecule has 2 saturated heterocycles. The van der Waals surface area contributed by atoms with E-state index in [2.05, 4.69) is 10.2 Å². The van der Waals surface area contributed by atoms with Crippen molar-refractivity contribution in [2.24, 2.45) is 0 Å². The number of aryl methyl sites for hydroxylation is 1. The predicted molar refractivity (Wildman–Crippen MR) is 204 cm³/mol. The fraction of sp³-hybridized carbons (Fsp3) is 0.500. The van der Waals surface area contributed by atoms with Gasteiger partial charge in [-0.05, 0) is 68.1 Å². The number of aromatic hydroxyl groups is 2. The molecule has 56 heavy (non-hydrogen) atoms. The lowest BCUT2D eigenvalue weighted by molar-refractivity contribution is -0.186. The Morgan fingerprint density at radius 1 is 1.05 bits per heavy atom. The highest BCUT2D eigenvalue weighted by molar-refractivity contribution is 7.99. The zero-order valence-electron chi connectivity index (χ0n) is 31.6. The van der Waals surface area contributed by atoms with Gasteiger partial charge in [-0.25, -0.2) is 4.79 Å². The van der Waals surface area contributed by atoms with Gasteiger partial charge in [0.15, 0.2) is 40.0 Å². The van der Waals surface area contributed by atoms with Crippen molar-refractivity contribution in [2.75, 3.05) is 52.8 Å². The number of alkyl halides is 1. The lowest BCUT2D eigenvalue weighted by Gasteiger charge is -2.62. The Bertz CT molecular complexity index is 2170. The summed E-state index contributed by atoms with van der Waals surface area (Å²) in [6.45, 7) is 3.85. The van der Waals surface area contributed by atoms with Gasteiger partial charge in [-0.15, -0.1) is 23.4 Å². The monoisotopic (exact) mass is 809 g/mol. The van der Waals surface area contributed by atoms with Gasteiger partial charge in [0.1, 0.15) is 18.6 Å². The number of phenolic OH excluding ortho intramolecular Hbond substituents is 2. The Balaban J connectivity index is 1.32. The Morgan fingerprint density at radius 2 is 1.84 bits per heavy atom. The van der Waals surface area contributed by atoms with E-state index in [1.807, 2.05) is 31.9 Å². The van der Waals surface area contributed by atoms with Crippen LogP contribution in [0, 0.1) is 13.8 Å². The number of fused-ring (bicyclic) bond motifs is 9. The van der Waals surface area contributed by atoms with Gasteiger partial charge in [0.25, 0.3) is 0 Å². The molecule has 7 aliphatic rings. The molecule has 14 nitrogen and oxygen atoms in total. The number of piperazine rings is 1. The van der Waals surface area contributed by atoms with Crippen molar-refractivity contribution in [2.45, 2.75) is 74.3 Å². The molecule has 0 aromatic heterocycles. The second-order valence-corrected chi connectivity index (χ2v) is 16.8. The first-order chi connectivity index (χ1) is 26.9. The maximum atomic E-state index is 14.7. The van der Waals surface area contributed by atoms with E-state index in [-0.39, 0.29) is 48.7 Å². The molecule has 3 aromatic carbocycles. The van der Waals surface area contributed by atoms with Crippen LogP contribution in [-0.4, -0.2) is 108 Å². The zero-order chi connectivity index (χ0) is 39.4. The molecule has 298 valence electrons. The summed E-state index contributed by atoms with van der Waals surface area (Å²) in [7, 11) is 4.94. The first-order valence-corrected chi connectivity index (χ1v) is 20.3. The van der Waals surface area contributed by atoms with E-state index in [0.717, 1.165) is 16.7 Å². The number of benzene rings is 3. The molecule has 7 heterocycles. The average Bonchev–Trinajstić information content (AvgIpc) is 3.67. The minimum Gasteiger partial charge on any atom is -0.504 e. The van der Waals surface area contributed by atoms with E-state index < -0.39 is 53.1 Å². The minimum atomic E-state index is -1.38. The van der Waals surface area contributed by atoms with Gasteiger partial charge in [-0.1, -0.05) is 6.07 Å². The minimum absolute atomic E-state index is 0.0284. The summed E-state index contributed by atoms with van der Waals surface area (Å²) >= 11 is 7.49. The van der Waals surface area contributed by atoms with Crippen molar-refractivity contribution in [1.82, 2.24) is 15.1 Å². The molecular formula is C40H44ClN3O11S. The Kier molecular flexibility index (Phi) is 9.21. The number of nitrogens with one attached hydrogen (secondary N) is 1. The van der Waals surface area contributed by atoms with Crippen LogP contribution in [0.5, 0.6) is 40.2 Å². The number of carbonyl (C=O) groups excluding carboxylic acids is 2. The highest BCUT2D eigenvalue weighted by Crippen LogP contribution is 2.64. The third-order valence-corrected chi connectivity index (χ3v) is 14.2. The van der Waals surface area contributed by atoms with E-state index in [0.29, 0.717) is 70.2 Å². The lowest BCUT2D eigenvalue weighted by atomic mass is 9.73. The van der Waals surface area contributed by atoms with E-state index in [9.17, 15) is 24.9 Å². The first-order valence-electron chi connectivity index (χ1n) is 18.7. The number of hydrogen-bond acceptors (Lipinski definition) is 15. The molecule has 4 N–H and O–H groups in total. The summed E-state index contributed by atoms with van der Waals surface area (Å²) in [5.74, 6) is 0.866. The normalized spacial score (nSPS) is 28.8. The quantitative estimate of drug-likeness (QED) is 0.166. The summed E-state index contributed by atoms with van der Waals surface area (Å²) in [6.07, 6.45) is -0.106. The molecule has 10 rings (SSSR count). The second kappa shape index (κ2) is 13.8. The highest BCUT2D eigenvalue weighted by atomic mass is 35.5. The van der Waals surface area contributed by atoms with Crippen LogP contribution in [0.2, 0.25) is 0 Å². The summed E-state index contributed by atoms with van der Waals surface area (Å²) < 4.78 is 36.2. The van der Waals surface area contributed by atoms with Crippen molar-refractivity contribution >= 4 is 35.3 Å². The molecule has 7 aliphatic heterocycles. The molecule has 16 heteroatoms. The number of hydrogen-bond donors (Lipinski definition) is 4. The molecule has 4 bridgehead atoms. The summed E-state index contributed by atoms with van der Waals surface area (Å²) in [6, 6.07) is 3.03. The molecule has 0 aliphatic carbocycles. The van der Waals surface area contributed by atoms with Gasteiger partial charge in [0, 0.05) is 46.5 Å². The van der Waals surface area contributed by atoms with Crippen LogP contribution < -0.4 is 29.0 Å². The molecule has 7 atom stereocenters. The van der Waals surface area contributed by atoms with Gasteiger partial charge >= 0.3 is 11.9 Å². The van der Waals surface area contributed by atoms with Crippen LogP contribution in [0.3, 0.4) is 0 Å². The van der Waals surface area contributed by atoms with Crippen molar-refractivity contribution in [3.63, 3.8) is 0 Å². The third-order valence-electron chi connectivity index (χ3n) is 12.5. The largest absolute Gasteiger partial charge is 0.504 e. The number of phenols is 2. The number of nitrogens with zero attached hydrogens (tertiary/aromatic N) is 2. The van der Waals surface area contributed by atoms with Gasteiger partial charge in [-0.2, -0.15) is 0 Å². The smallest absolute Gasteiger partial charge is 0.331 e. The molecule has 3 aromatic rings. The number of rotatable bonds is 5. The van der Waals surface area contributed by atoms with E-state index in [4.69, 9.17) is 40.0 Å². The highest BCUT2D eigenvalue weighted by Gasteiger charge is 2.61. The third kappa shape index (κ3) is 5.24. The number of esters is 2.